The number of hydrogen-bond donors (Lipinski definition) is 6. The van der Waals surface area contributed by atoms with Crippen molar-refractivity contribution in [2.75, 3.05) is 23.3 Å². The van der Waals surface area contributed by atoms with Crippen molar-refractivity contribution in [2.24, 2.45) is 0 Å². The van der Waals surface area contributed by atoms with E-state index in [9.17, 15) is 9.59 Å². The van der Waals surface area contributed by atoms with Gasteiger partial charge in [0.25, 0.3) is 6.47 Å². The third-order valence-corrected chi connectivity index (χ3v) is 5.37. The first kappa shape index (κ1) is 24.9. The molecule has 0 saturated carbocycles. The van der Waals surface area contributed by atoms with Gasteiger partial charge >= 0.3 is 5.69 Å². The lowest BCUT2D eigenvalue weighted by atomic mass is 10.2. The van der Waals surface area contributed by atoms with Crippen LogP contribution in [0.3, 0.4) is 0 Å². The molecule has 0 saturated heterocycles. The molecule has 5 aromatic rings. The summed E-state index contributed by atoms with van der Waals surface area (Å²) in [7, 11) is 0. The van der Waals surface area contributed by atoms with Gasteiger partial charge in [-0.15, -0.1) is 0 Å². The fourth-order valence-electron chi connectivity index (χ4n) is 3.85. The number of aromatic nitrogens is 6. The number of amides is 1. The third-order valence-electron chi connectivity index (χ3n) is 5.37. The number of nitrogens with one attached hydrogen (secondary N) is 5. The fourth-order valence-corrected chi connectivity index (χ4v) is 3.85. The molecule has 0 bridgehead atoms. The van der Waals surface area contributed by atoms with Crippen LogP contribution in [-0.4, -0.2) is 60.7 Å². The molecule has 0 aliphatic carbocycles. The molecule has 0 spiro atoms. The van der Waals surface area contributed by atoms with Crippen LogP contribution in [0.15, 0.2) is 59.7 Å². The van der Waals surface area contributed by atoms with Gasteiger partial charge in [-0.3, -0.25) is 14.7 Å². The number of benzene rings is 2. The van der Waals surface area contributed by atoms with Crippen molar-refractivity contribution < 1.29 is 14.7 Å². The van der Waals surface area contributed by atoms with Crippen LogP contribution >= 0.6 is 0 Å². The average molecular weight is 504 g/mol. The lowest BCUT2D eigenvalue weighted by molar-refractivity contribution is -0.123. The van der Waals surface area contributed by atoms with Crippen molar-refractivity contribution in [3.8, 4) is 0 Å². The van der Waals surface area contributed by atoms with E-state index in [2.05, 4.69) is 40.7 Å². The number of aromatic amines is 3. The van der Waals surface area contributed by atoms with Gasteiger partial charge in [-0.25, -0.2) is 9.78 Å². The van der Waals surface area contributed by atoms with E-state index in [1.54, 1.807) is 12.4 Å². The number of carboxylic acid groups (broad SMARTS) is 1. The first-order valence-corrected chi connectivity index (χ1v) is 11.3. The van der Waals surface area contributed by atoms with E-state index >= 15 is 0 Å². The summed E-state index contributed by atoms with van der Waals surface area (Å²) in [6, 6.07) is 13.3. The molecule has 3 aromatic heterocycles. The molecule has 13 heteroatoms. The summed E-state index contributed by atoms with van der Waals surface area (Å²) in [5.41, 5.74) is 3.78. The molecule has 5 rings (SSSR count). The number of rotatable bonds is 8. The smallest absolute Gasteiger partial charge is 0.323 e. The van der Waals surface area contributed by atoms with Crippen LogP contribution < -0.4 is 21.2 Å². The molecule has 0 unspecified atom stereocenters. The van der Waals surface area contributed by atoms with Gasteiger partial charge in [-0.1, -0.05) is 6.07 Å². The number of carbonyl (C=O) groups is 2. The molecular formula is C24H25N9O4. The normalized spacial score (nSPS) is 10.5. The molecule has 3 heterocycles. The number of carbonyl (C=O) groups excluding carboxylic acids is 1. The minimum Gasteiger partial charge on any atom is -0.483 e. The quantitative estimate of drug-likeness (QED) is 0.137. The van der Waals surface area contributed by atoms with Crippen LogP contribution in [0.1, 0.15) is 13.3 Å². The number of H-pyrrole nitrogens is 3. The van der Waals surface area contributed by atoms with Gasteiger partial charge in [0.2, 0.25) is 11.9 Å². The zero-order valence-corrected chi connectivity index (χ0v) is 19.9. The Kier molecular flexibility index (Phi) is 7.73. The van der Waals surface area contributed by atoms with E-state index in [-0.39, 0.29) is 18.1 Å². The molecule has 2 aromatic carbocycles. The standard InChI is InChI=1S/C23H23N9O2.CH2O2/c1-14(33)24-9-3-11-32(20-5-2-4-17-16(20)13-26-31-17)21-8-10-25-22(30-21)27-15-6-7-18-19(12-15)29-23(34)28-18;2-1-3/h2,4-8,10,12-13H,3,9,11H2,1H3,(H,24,33)(H,26,31)(H,25,27,30)(H2,28,29,34);1H,(H,2,3). The average Bonchev–Trinajstić information content (AvgIpc) is 3.50. The highest BCUT2D eigenvalue weighted by Gasteiger charge is 2.16. The second-order valence-corrected chi connectivity index (χ2v) is 7.90. The van der Waals surface area contributed by atoms with E-state index in [1.165, 1.54) is 6.92 Å². The molecule has 0 aliphatic heterocycles. The molecule has 13 nitrogen and oxygen atoms in total. The topological polar surface area (TPSA) is 185 Å². The Bertz CT molecular complexity index is 1570. The van der Waals surface area contributed by atoms with Crippen LogP contribution in [0.5, 0.6) is 0 Å². The third kappa shape index (κ3) is 6.08. The van der Waals surface area contributed by atoms with Gasteiger partial charge in [0.1, 0.15) is 5.82 Å². The minimum absolute atomic E-state index is 0.0576. The summed E-state index contributed by atoms with van der Waals surface area (Å²) in [4.78, 5) is 47.8. The predicted molar refractivity (Wildman–Crippen MR) is 139 cm³/mol. The largest absolute Gasteiger partial charge is 0.483 e. The summed E-state index contributed by atoms with van der Waals surface area (Å²) < 4.78 is 0. The van der Waals surface area contributed by atoms with Crippen molar-refractivity contribution >= 4 is 57.5 Å². The van der Waals surface area contributed by atoms with E-state index in [0.29, 0.717) is 30.4 Å². The molecule has 6 N–H and O–H groups in total. The van der Waals surface area contributed by atoms with E-state index < -0.39 is 0 Å². The molecule has 190 valence electrons. The first-order chi connectivity index (χ1) is 18.0. The van der Waals surface area contributed by atoms with Crippen molar-refractivity contribution in [3.63, 3.8) is 0 Å². The zero-order valence-electron chi connectivity index (χ0n) is 19.9. The fraction of sp³-hybridized carbons (Fsp3) is 0.167. The molecule has 0 radical (unpaired) electrons. The highest BCUT2D eigenvalue weighted by molar-refractivity contribution is 5.93. The maximum absolute atomic E-state index is 11.5. The number of anilines is 4. The van der Waals surface area contributed by atoms with E-state index in [4.69, 9.17) is 14.9 Å². The van der Waals surface area contributed by atoms with Crippen LogP contribution in [-0.2, 0) is 9.59 Å². The molecule has 0 fully saturated rings. The lowest BCUT2D eigenvalue weighted by Crippen LogP contribution is -2.26. The summed E-state index contributed by atoms with van der Waals surface area (Å²) in [5, 5.41) is 21.1. The Morgan fingerprint density at radius 2 is 1.95 bits per heavy atom. The monoisotopic (exact) mass is 503 g/mol. The van der Waals surface area contributed by atoms with Crippen LogP contribution in [0, 0.1) is 0 Å². The van der Waals surface area contributed by atoms with Crippen LogP contribution in [0.2, 0.25) is 0 Å². The Morgan fingerprint density at radius 1 is 1.14 bits per heavy atom. The van der Waals surface area contributed by atoms with Gasteiger partial charge in [0.15, 0.2) is 0 Å². The number of hydrogen-bond acceptors (Lipinski definition) is 8. The second-order valence-electron chi connectivity index (χ2n) is 7.90. The molecule has 37 heavy (non-hydrogen) atoms. The zero-order chi connectivity index (χ0) is 26.2. The Morgan fingerprint density at radius 3 is 2.76 bits per heavy atom. The van der Waals surface area contributed by atoms with Crippen molar-refractivity contribution in [1.29, 1.82) is 0 Å². The van der Waals surface area contributed by atoms with Crippen LogP contribution in [0.4, 0.5) is 23.1 Å². The SMILES string of the molecule is CC(=O)NCCCN(c1ccnc(Nc2ccc3[nH]c(=O)[nH]c3c2)n1)c1cccc2[nH]ncc12.O=CO. The maximum Gasteiger partial charge on any atom is 0.323 e. The maximum atomic E-state index is 11.5. The van der Waals surface area contributed by atoms with Gasteiger partial charge in [0, 0.05) is 37.3 Å². The molecule has 0 atom stereocenters. The van der Waals surface area contributed by atoms with E-state index in [0.717, 1.165) is 34.2 Å². The molecular weight excluding hydrogens is 478 g/mol. The van der Waals surface area contributed by atoms with Crippen molar-refractivity contribution in [2.45, 2.75) is 13.3 Å². The summed E-state index contributed by atoms with van der Waals surface area (Å²) in [5.74, 6) is 1.06. The Labute approximate surface area is 210 Å². The van der Waals surface area contributed by atoms with Crippen molar-refractivity contribution in [3.05, 3.63) is 65.3 Å². The Balaban J connectivity index is 0.00000102. The van der Waals surface area contributed by atoms with Gasteiger partial charge in [-0.2, -0.15) is 10.1 Å². The van der Waals surface area contributed by atoms with Crippen molar-refractivity contribution in [1.82, 2.24) is 35.5 Å². The predicted octanol–water partition coefficient (Wildman–Crippen LogP) is 2.63. The molecule has 1 amide bonds. The number of nitrogens with zero attached hydrogens (tertiary/aromatic N) is 4. The summed E-state index contributed by atoms with van der Waals surface area (Å²) in [6.07, 6.45) is 4.20. The highest BCUT2D eigenvalue weighted by Crippen LogP contribution is 2.31. The highest BCUT2D eigenvalue weighted by atomic mass is 16.3. The first-order valence-electron chi connectivity index (χ1n) is 11.3. The number of fused-ring (bicyclic) bond motifs is 2. The van der Waals surface area contributed by atoms with Gasteiger partial charge < -0.3 is 30.6 Å². The summed E-state index contributed by atoms with van der Waals surface area (Å²) >= 11 is 0. The van der Waals surface area contributed by atoms with Crippen LogP contribution in [0.25, 0.3) is 21.9 Å². The summed E-state index contributed by atoms with van der Waals surface area (Å²) in [6.45, 7) is 2.43. The van der Waals surface area contributed by atoms with E-state index in [1.807, 2.05) is 42.5 Å². The van der Waals surface area contributed by atoms with Gasteiger partial charge in [-0.05, 0) is 42.8 Å². The molecule has 0 aliphatic rings. The minimum atomic E-state index is -0.256. The lowest BCUT2D eigenvalue weighted by Gasteiger charge is -2.25. The Hall–Kier alpha value is -5.20. The van der Waals surface area contributed by atoms with Gasteiger partial charge in [0.05, 0.1) is 28.4 Å². The second kappa shape index (κ2) is 11.5. The number of imidazole rings is 1.